The van der Waals surface area contributed by atoms with Crippen LogP contribution in [0.15, 0.2) is 40.4 Å². The molecule has 8 heteroatoms. The monoisotopic (exact) mass is 377 g/mol. The van der Waals surface area contributed by atoms with Crippen molar-refractivity contribution in [1.29, 1.82) is 0 Å². The molecule has 140 valence electrons. The molecule has 1 atom stereocenters. The quantitative estimate of drug-likeness (QED) is 0.807. The summed E-state index contributed by atoms with van der Waals surface area (Å²) in [5.41, 5.74) is 0.984. The van der Waals surface area contributed by atoms with Gasteiger partial charge < -0.3 is 9.64 Å². The minimum atomic E-state index is -3.95. The highest BCUT2D eigenvalue weighted by Crippen LogP contribution is 2.25. The Bertz CT molecular complexity index is 859. The van der Waals surface area contributed by atoms with Gasteiger partial charge in [-0.1, -0.05) is 0 Å². The zero-order valence-electron chi connectivity index (χ0n) is 15.2. The molecule has 1 saturated heterocycles. The summed E-state index contributed by atoms with van der Waals surface area (Å²) in [6.07, 6.45) is 4.48. The van der Waals surface area contributed by atoms with Gasteiger partial charge in [0.25, 0.3) is 5.91 Å². The molecule has 2 aliphatic rings. The second kappa shape index (κ2) is 7.11. The van der Waals surface area contributed by atoms with Crippen LogP contribution in [-0.2, 0) is 15.0 Å². The number of hydrogen-bond donors (Lipinski definition) is 0. The molecule has 2 heterocycles. The fourth-order valence-electron chi connectivity index (χ4n) is 3.20. The van der Waals surface area contributed by atoms with E-state index in [4.69, 9.17) is 4.74 Å². The molecule has 0 bridgehead atoms. The average molecular weight is 377 g/mol. The maximum absolute atomic E-state index is 13.0. The fraction of sp³-hybridized carbons (Fsp3) is 0.444. The van der Waals surface area contributed by atoms with Crippen LogP contribution in [0.5, 0.6) is 5.75 Å². The van der Waals surface area contributed by atoms with E-state index in [-0.39, 0.29) is 23.4 Å². The Morgan fingerprint density at radius 1 is 1.23 bits per heavy atom. The van der Waals surface area contributed by atoms with E-state index in [1.807, 2.05) is 6.92 Å². The first-order chi connectivity index (χ1) is 12.3. The molecule has 0 aliphatic carbocycles. The third-order valence-electron chi connectivity index (χ3n) is 4.84. The average Bonchev–Trinajstić information content (AvgIpc) is 2.63. The molecule has 3 rings (SSSR count). The molecule has 0 spiro atoms. The van der Waals surface area contributed by atoms with E-state index in [1.54, 1.807) is 42.4 Å². The van der Waals surface area contributed by atoms with Crippen molar-refractivity contribution in [2.75, 3.05) is 20.7 Å². The summed E-state index contributed by atoms with van der Waals surface area (Å²) in [5.74, 6) is 0.386. The van der Waals surface area contributed by atoms with Crippen molar-refractivity contribution in [3.05, 3.63) is 41.6 Å². The van der Waals surface area contributed by atoms with Gasteiger partial charge in [0.2, 0.25) is 0 Å². The van der Waals surface area contributed by atoms with E-state index < -0.39 is 10.2 Å². The van der Waals surface area contributed by atoms with Crippen molar-refractivity contribution >= 4 is 21.8 Å². The van der Waals surface area contributed by atoms with Crippen molar-refractivity contribution in [2.45, 2.75) is 32.2 Å². The molecular weight excluding hydrogens is 354 g/mol. The maximum atomic E-state index is 13.0. The molecular formula is C18H23N3O4S. The van der Waals surface area contributed by atoms with E-state index in [0.29, 0.717) is 17.9 Å². The number of amides is 1. The van der Waals surface area contributed by atoms with Gasteiger partial charge in [-0.2, -0.15) is 8.42 Å². The molecule has 0 unspecified atom stereocenters. The number of piperidine rings is 1. The van der Waals surface area contributed by atoms with Crippen LogP contribution in [0.4, 0.5) is 0 Å². The van der Waals surface area contributed by atoms with E-state index in [1.165, 1.54) is 7.05 Å². The SMILES string of the molecule is COc1ccc(C2=NS(=O)(=O)N(C)C(C(=O)N3CCCC[C@@H]3C)=C2)cc1. The molecule has 0 aromatic heterocycles. The number of methoxy groups -OCH3 is 1. The Morgan fingerprint density at radius 3 is 2.54 bits per heavy atom. The summed E-state index contributed by atoms with van der Waals surface area (Å²) in [5, 5.41) is 0. The number of hydrogen-bond acceptors (Lipinski definition) is 4. The highest BCUT2D eigenvalue weighted by molar-refractivity contribution is 7.88. The first-order valence-electron chi connectivity index (χ1n) is 8.59. The number of carbonyl (C=O) groups is 1. The summed E-state index contributed by atoms with van der Waals surface area (Å²) >= 11 is 0. The Morgan fingerprint density at radius 2 is 1.92 bits per heavy atom. The Labute approximate surface area is 154 Å². The highest BCUT2D eigenvalue weighted by atomic mass is 32.2. The number of allylic oxidation sites excluding steroid dienone is 1. The van der Waals surface area contributed by atoms with Crippen LogP contribution in [0, 0.1) is 0 Å². The van der Waals surface area contributed by atoms with Crippen molar-refractivity contribution in [1.82, 2.24) is 9.21 Å². The topological polar surface area (TPSA) is 79.3 Å². The normalized spacial score (nSPS) is 22.5. The lowest BCUT2D eigenvalue weighted by atomic mass is 10.0. The number of rotatable bonds is 3. The van der Waals surface area contributed by atoms with Crippen LogP contribution in [0.1, 0.15) is 31.7 Å². The van der Waals surface area contributed by atoms with Gasteiger partial charge in [0.1, 0.15) is 11.4 Å². The molecule has 1 aromatic rings. The lowest BCUT2D eigenvalue weighted by Crippen LogP contribution is -2.46. The van der Waals surface area contributed by atoms with Gasteiger partial charge in [-0.25, -0.2) is 4.31 Å². The van der Waals surface area contributed by atoms with Gasteiger partial charge in [0.15, 0.2) is 0 Å². The molecule has 2 aliphatic heterocycles. The molecule has 1 fully saturated rings. The Balaban J connectivity index is 1.98. The summed E-state index contributed by atoms with van der Waals surface area (Å²) in [6, 6.07) is 6.99. The Kier molecular flexibility index (Phi) is 5.04. The van der Waals surface area contributed by atoms with Crippen LogP contribution in [0.2, 0.25) is 0 Å². The summed E-state index contributed by atoms with van der Waals surface area (Å²) in [4.78, 5) is 14.8. The van der Waals surface area contributed by atoms with E-state index >= 15 is 0 Å². The summed E-state index contributed by atoms with van der Waals surface area (Å²) < 4.78 is 34.9. The standard InChI is InChI=1S/C18H23N3O4S/c1-13-6-4-5-11-21(13)18(22)17-12-16(19-26(23,24)20(17)2)14-7-9-15(25-3)10-8-14/h7-10,12-13H,4-6,11H2,1-3H3/t13-/m0/s1. The minimum absolute atomic E-state index is 0.0940. The van der Waals surface area contributed by atoms with Crippen LogP contribution < -0.4 is 4.74 Å². The van der Waals surface area contributed by atoms with Gasteiger partial charge in [-0.3, -0.25) is 4.79 Å². The van der Waals surface area contributed by atoms with Crippen LogP contribution >= 0.6 is 0 Å². The van der Waals surface area contributed by atoms with Gasteiger partial charge in [-0.15, -0.1) is 4.40 Å². The number of benzene rings is 1. The fourth-order valence-corrected chi connectivity index (χ4v) is 4.11. The first-order valence-corrected chi connectivity index (χ1v) is 9.99. The summed E-state index contributed by atoms with van der Waals surface area (Å²) in [7, 11) is -1.03. The van der Waals surface area contributed by atoms with Crippen molar-refractivity contribution < 1.29 is 17.9 Å². The van der Waals surface area contributed by atoms with E-state index in [0.717, 1.165) is 23.6 Å². The highest BCUT2D eigenvalue weighted by Gasteiger charge is 2.34. The maximum Gasteiger partial charge on any atom is 0.345 e. The van der Waals surface area contributed by atoms with Crippen molar-refractivity contribution in [3.63, 3.8) is 0 Å². The number of carbonyl (C=O) groups excluding carboxylic acids is 1. The zero-order valence-corrected chi connectivity index (χ0v) is 16.0. The second-order valence-electron chi connectivity index (χ2n) is 6.52. The van der Waals surface area contributed by atoms with E-state index in [2.05, 4.69) is 4.40 Å². The lowest BCUT2D eigenvalue weighted by molar-refractivity contribution is -0.131. The number of likely N-dealkylation sites (tertiary alicyclic amines) is 1. The summed E-state index contributed by atoms with van der Waals surface area (Å²) in [6.45, 7) is 2.63. The first kappa shape index (κ1) is 18.4. The third-order valence-corrected chi connectivity index (χ3v) is 6.16. The van der Waals surface area contributed by atoms with Crippen molar-refractivity contribution in [2.24, 2.45) is 4.40 Å². The Hall–Kier alpha value is -2.35. The largest absolute Gasteiger partial charge is 0.497 e. The molecule has 7 nitrogen and oxygen atoms in total. The minimum Gasteiger partial charge on any atom is -0.497 e. The van der Waals surface area contributed by atoms with E-state index in [9.17, 15) is 13.2 Å². The lowest BCUT2D eigenvalue weighted by Gasteiger charge is -2.36. The molecule has 1 aromatic carbocycles. The molecule has 26 heavy (non-hydrogen) atoms. The van der Waals surface area contributed by atoms with Gasteiger partial charge >= 0.3 is 10.2 Å². The predicted octanol–water partition coefficient (Wildman–Crippen LogP) is 1.96. The van der Waals surface area contributed by atoms with Crippen LogP contribution in [0.3, 0.4) is 0 Å². The van der Waals surface area contributed by atoms with Crippen LogP contribution in [0.25, 0.3) is 0 Å². The third kappa shape index (κ3) is 3.46. The molecule has 0 radical (unpaired) electrons. The molecule has 0 saturated carbocycles. The van der Waals surface area contributed by atoms with Gasteiger partial charge in [0.05, 0.1) is 12.8 Å². The zero-order chi connectivity index (χ0) is 18.9. The second-order valence-corrected chi connectivity index (χ2v) is 8.15. The van der Waals surface area contributed by atoms with Gasteiger partial charge in [-0.05, 0) is 56.5 Å². The number of ether oxygens (including phenoxy) is 1. The number of likely N-dealkylation sites (N-methyl/N-ethyl adjacent to an activating group) is 1. The van der Waals surface area contributed by atoms with Gasteiger partial charge in [0, 0.05) is 25.2 Å². The van der Waals surface area contributed by atoms with Crippen LogP contribution in [-0.4, -0.2) is 56.0 Å². The predicted molar refractivity (Wildman–Crippen MR) is 99.3 cm³/mol. The van der Waals surface area contributed by atoms with Crippen molar-refractivity contribution in [3.8, 4) is 5.75 Å². The molecule has 1 amide bonds. The molecule has 0 N–H and O–H groups in total. The smallest absolute Gasteiger partial charge is 0.345 e. The number of nitrogens with zero attached hydrogens (tertiary/aromatic N) is 3.